The van der Waals surface area contributed by atoms with Crippen LogP contribution in [0.15, 0.2) is 22.8 Å². The Morgan fingerprint density at radius 3 is 2.49 bits per heavy atom. The van der Waals surface area contributed by atoms with Crippen molar-refractivity contribution in [1.29, 1.82) is 0 Å². The summed E-state index contributed by atoms with van der Waals surface area (Å²) in [6, 6.07) is -1.88. The van der Waals surface area contributed by atoms with E-state index in [0.29, 0.717) is 23.3 Å². The molecule has 16 heteroatoms. The minimum atomic E-state index is -5.03. The number of aromatic amines is 1. The van der Waals surface area contributed by atoms with E-state index in [2.05, 4.69) is 30.2 Å². The number of rotatable bonds is 8. The molecule has 3 N–H and O–H groups in total. The summed E-state index contributed by atoms with van der Waals surface area (Å²) in [5, 5.41) is 11.2. The molecule has 3 amide bonds. The van der Waals surface area contributed by atoms with Crippen LogP contribution in [0.3, 0.4) is 0 Å². The second kappa shape index (κ2) is 9.91. The molecule has 1 saturated heterocycles. The second-order valence-corrected chi connectivity index (χ2v) is 10.9. The number of aromatic nitrogens is 4. The van der Waals surface area contributed by atoms with Gasteiger partial charge in [-0.3, -0.25) is 4.79 Å². The number of aryl methyl sites for hydroxylation is 1. The molecule has 222 valence electrons. The lowest BCUT2D eigenvalue weighted by Gasteiger charge is -2.31. The van der Waals surface area contributed by atoms with Crippen molar-refractivity contribution in [3.8, 4) is 0 Å². The predicted octanol–water partition coefficient (Wildman–Crippen LogP) is 5.11. The normalized spacial score (nSPS) is 21.8. The highest BCUT2D eigenvalue weighted by molar-refractivity contribution is 5.93. The van der Waals surface area contributed by atoms with Crippen LogP contribution in [0.5, 0.6) is 0 Å². The number of imidazole rings is 1. The molecule has 1 aliphatic heterocycles. The van der Waals surface area contributed by atoms with Crippen LogP contribution in [0.2, 0.25) is 0 Å². The van der Waals surface area contributed by atoms with E-state index in [1.165, 1.54) is 25.1 Å². The van der Waals surface area contributed by atoms with Crippen LogP contribution >= 0.6 is 0 Å². The number of fused-ring (bicyclic) bond motifs is 1. The lowest BCUT2D eigenvalue weighted by atomic mass is 9.84. The van der Waals surface area contributed by atoms with Gasteiger partial charge in [0.15, 0.2) is 5.69 Å². The van der Waals surface area contributed by atoms with E-state index in [1.807, 2.05) is 0 Å². The maximum absolute atomic E-state index is 13.8. The van der Waals surface area contributed by atoms with Gasteiger partial charge in [0.25, 0.3) is 5.91 Å². The zero-order valence-electron chi connectivity index (χ0n) is 23.9. The fraction of sp³-hybridized carbons (Fsp3) is 0.560. The van der Waals surface area contributed by atoms with Gasteiger partial charge in [0.1, 0.15) is 17.6 Å². The maximum Gasteiger partial charge on any atom is 0.410 e. The Hall–Kier alpha value is -3.85. The second-order valence-electron chi connectivity index (χ2n) is 10.9. The first-order valence-electron chi connectivity index (χ1n) is 13.6. The summed E-state index contributed by atoms with van der Waals surface area (Å²) in [5.41, 5.74) is -1.55. The summed E-state index contributed by atoms with van der Waals surface area (Å²) in [5.74, 6) is -1.20. The Morgan fingerprint density at radius 2 is 1.93 bits per heavy atom. The van der Waals surface area contributed by atoms with E-state index in [0.717, 1.165) is 13.8 Å². The first kappa shape index (κ1) is 26.1. The molecule has 0 bridgehead atoms. The van der Waals surface area contributed by atoms with Crippen molar-refractivity contribution in [3.63, 3.8) is 0 Å². The molecule has 2 fully saturated rings. The Kier molecular flexibility index (Phi) is 6.30. The number of benzene rings is 1. The van der Waals surface area contributed by atoms with Gasteiger partial charge in [-0.25, -0.2) is 14.4 Å². The quantitative estimate of drug-likeness (QED) is 0.313. The van der Waals surface area contributed by atoms with Crippen LogP contribution in [-0.4, -0.2) is 62.0 Å². The number of halogens is 6. The summed E-state index contributed by atoms with van der Waals surface area (Å²) in [7, 11) is 0. The number of H-pyrrole nitrogens is 1. The van der Waals surface area contributed by atoms with Crippen molar-refractivity contribution in [3.05, 3.63) is 41.0 Å². The highest BCUT2D eigenvalue weighted by Crippen LogP contribution is 2.47. The Morgan fingerprint density at radius 1 is 1.22 bits per heavy atom. The molecule has 0 radical (unpaired) electrons. The molecule has 2 aromatic heterocycles. The molecule has 5 rings (SSSR count). The van der Waals surface area contributed by atoms with Crippen molar-refractivity contribution in [1.82, 2.24) is 35.8 Å². The first-order chi connectivity index (χ1) is 19.8. The molecule has 1 saturated carbocycles. The summed E-state index contributed by atoms with van der Waals surface area (Å²) in [6.45, 7) is 0.279. The zero-order valence-corrected chi connectivity index (χ0v) is 21.9. The first-order valence-corrected chi connectivity index (χ1v) is 12.6. The third kappa shape index (κ3) is 5.68. The summed E-state index contributed by atoms with van der Waals surface area (Å²) < 4.78 is 103. The highest BCUT2D eigenvalue weighted by atomic mass is 19.4. The largest absolute Gasteiger partial charge is 0.410 e. The van der Waals surface area contributed by atoms with E-state index < -0.39 is 60.7 Å². The molecule has 3 heterocycles. The van der Waals surface area contributed by atoms with E-state index in [1.54, 1.807) is 5.32 Å². The van der Waals surface area contributed by atoms with Crippen LogP contribution < -0.4 is 10.6 Å². The summed E-state index contributed by atoms with van der Waals surface area (Å²) >= 11 is 0. The maximum atomic E-state index is 13.8. The van der Waals surface area contributed by atoms with Gasteiger partial charge in [0.2, 0.25) is 0 Å². The predicted molar refractivity (Wildman–Crippen MR) is 130 cm³/mol. The van der Waals surface area contributed by atoms with Gasteiger partial charge < -0.3 is 20.5 Å². The number of urea groups is 1. The lowest BCUT2D eigenvalue weighted by molar-refractivity contribution is -0.215. The number of hydrogen-bond acceptors (Lipinski definition) is 6. The van der Waals surface area contributed by atoms with Crippen molar-refractivity contribution in [2.45, 2.75) is 70.5 Å². The summed E-state index contributed by atoms with van der Waals surface area (Å²) in [6.07, 6.45) is -9.21. The van der Waals surface area contributed by atoms with Crippen molar-refractivity contribution >= 4 is 23.0 Å². The average Bonchev–Trinajstić information content (AvgIpc) is 3.37. The molecule has 10 nitrogen and oxygen atoms in total. The number of amides is 3. The molecule has 3 aromatic rings. The number of carbonyl (C=O) groups excluding carboxylic acids is 2. The standard InChI is InChI=1S/C25H27F6N7O3/c1-11-18(37-41-36-11)21(39)34-16(9-23(2,3)25(29,30)31)20-32-14-7-6-13(8-15(14)33-20)19(12-4-5-12)38-10-17(24(26,27)28)35-22(38)40/h6-8,12,16-17,19H,4-5,9-10H2,1-3H3,(H,32,33)(H,34,39)(H,35,40)/t16-,17-,19+/m0/s1/i10D2. The molecule has 41 heavy (non-hydrogen) atoms. The van der Waals surface area contributed by atoms with E-state index in [-0.39, 0.29) is 34.2 Å². The van der Waals surface area contributed by atoms with Crippen molar-refractivity contribution < 1.29 is 43.3 Å². The van der Waals surface area contributed by atoms with Crippen LogP contribution in [0.1, 0.15) is 75.5 Å². The fourth-order valence-corrected chi connectivity index (χ4v) is 4.73. The van der Waals surface area contributed by atoms with Crippen molar-refractivity contribution in [2.24, 2.45) is 11.3 Å². The third-order valence-electron chi connectivity index (χ3n) is 7.28. The average molecular weight is 590 g/mol. The number of alkyl halides is 6. The van der Waals surface area contributed by atoms with Crippen LogP contribution in [-0.2, 0) is 0 Å². The van der Waals surface area contributed by atoms with E-state index in [4.69, 9.17) is 2.74 Å². The molecular weight excluding hydrogens is 560 g/mol. The Labute approximate surface area is 232 Å². The van der Waals surface area contributed by atoms with Gasteiger partial charge in [-0.05, 0) is 55.0 Å². The van der Waals surface area contributed by atoms with Crippen LogP contribution in [0, 0.1) is 18.3 Å². The van der Waals surface area contributed by atoms with Crippen molar-refractivity contribution in [2.75, 3.05) is 6.50 Å². The van der Waals surface area contributed by atoms with Gasteiger partial charge in [-0.2, -0.15) is 26.3 Å². The molecule has 0 unspecified atom stereocenters. The highest BCUT2D eigenvalue weighted by Gasteiger charge is 2.51. The van der Waals surface area contributed by atoms with E-state index in [9.17, 15) is 35.9 Å². The van der Waals surface area contributed by atoms with Gasteiger partial charge >= 0.3 is 18.4 Å². The lowest BCUT2D eigenvalue weighted by Crippen LogP contribution is -2.40. The monoisotopic (exact) mass is 589 g/mol. The molecule has 1 aliphatic carbocycles. The molecule has 3 atom stereocenters. The number of carbonyl (C=O) groups is 2. The van der Waals surface area contributed by atoms with Crippen LogP contribution in [0.4, 0.5) is 31.1 Å². The van der Waals surface area contributed by atoms with Crippen LogP contribution in [0.25, 0.3) is 11.0 Å². The van der Waals surface area contributed by atoms with Gasteiger partial charge in [-0.1, -0.05) is 25.1 Å². The smallest absolute Gasteiger partial charge is 0.341 e. The van der Waals surface area contributed by atoms with E-state index >= 15 is 0 Å². The third-order valence-corrected chi connectivity index (χ3v) is 7.28. The molecule has 1 aromatic carbocycles. The number of nitrogens with zero attached hydrogens (tertiary/aromatic N) is 4. The number of nitrogens with one attached hydrogen (secondary N) is 3. The minimum absolute atomic E-state index is 0.0405. The fourth-order valence-electron chi connectivity index (χ4n) is 4.73. The summed E-state index contributed by atoms with van der Waals surface area (Å²) in [4.78, 5) is 33.4. The van der Waals surface area contributed by atoms with Gasteiger partial charge in [0, 0.05) is 0 Å². The SMILES string of the molecule is [2H]C1([2H])[C@@H](C(F)(F)F)NC(=O)N1[C@@H](c1ccc2nc([C@H](CC(C)(C)C(F)(F)F)NC(=O)c3nonc3C)[nH]c2c1)C1CC1. The van der Waals surface area contributed by atoms with Gasteiger partial charge in [0.05, 0.1) is 37.8 Å². The molecule has 2 aliphatic rings. The molecular formula is C25H27F6N7O3. The zero-order chi connectivity index (χ0) is 31.7. The topological polar surface area (TPSA) is 129 Å². The Balaban J connectivity index is 1.51. The number of hydrogen-bond donors (Lipinski definition) is 3. The minimum Gasteiger partial charge on any atom is -0.341 e. The van der Waals surface area contributed by atoms with Gasteiger partial charge in [-0.15, -0.1) is 0 Å². The molecule has 0 spiro atoms. The Bertz CT molecular complexity index is 1550.